The molecule has 0 unspecified atom stereocenters. The van der Waals surface area contributed by atoms with E-state index in [-0.39, 0.29) is 11.2 Å². The summed E-state index contributed by atoms with van der Waals surface area (Å²) in [6, 6.07) is 8.03. The first-order valence-corrected chi connectivity index (χ1v) is 11.1. The van der Waals surface area contributed by atoms with Gasteiger partial charge >= 0.3 is 0 Å². The average Bonchev–Trinajstić information content (AvgIpc) is 2.97. The zero-order chi connectivity index (χ0) is 20.1. The lowest BCUT2D eigenvalue weighted by molar-refractivity contribution is -0.0379. The van der Waals surface area contributed by atoms with E-state index in [0.717, 1.165) is 49.7 Å². The summed E-state index contributed by atoms with van der Waals surface area (Å²) in [5, 5.41) is 1.46. The van der Waals surface area contributed by atoms with Crippen LogP contribution >= 0.6 is 23.1 Å². The monoisotopic (exact) mass is 412 g/mol. The van der Waals surface area contributed by atoms with E-state index in [2.05, 4.69) is 20.4 Å². The molecule has 0 spiro atoms. The summed E-state index contributed by atoms with van der Waals surface area (Å²) < 4.78 is 7.71. The van der Waals surface area contributed by atoms with Crippen LogP contribution in [-0.4, -0.2) is 20.9 Å². The Morgan fingerprint density at radius 3 is 2.75 bits per heavy atom. The zero-order valence-corrected chi connectivity index (χ0v) is 18.3. The van der Waals surface area contributed by atoms with Crippen LogP contribution in [0.2, 0.25) is 0 Å². The number of fused-ring (bicyclic) bond motifs is 3. The molecule has 1 aliphatic rings. The van der Waals surface area contributed by atoms with Crippen LogP contribution in [-0.2, 0) is 17.8 Å². The number of hydrogen-bond acceptors (Lipinski definition) is 5. The fraction of sp³-hybridized carbons (Fsp3) is 0.364. The zero-order valence-electron chi connectivity index (χ0n) is 16.7. The van der Waals surface area contributed by atoms with E-state index in [1.165, 1.54) is 0 Å². The van der Waals surface area contributed by atoms with Crippen molar-refractivity contribution in [2.45, 2.75) is 51.5 Å². The van der Waals surface area contributed by atoms with E-state index in [9.17, 15) is 4.79 Å². The maximum Gasteiger partial charge on any atom is 0.267 e. The van der Waals surface area contributed by atoms with Gasteiger partial charge < -0.3 is 4.74 Å². The second-order valence-corrected chi connectivity index (χ2v) is 10.1. The molecule has 0 fully saturated rings. The topological polar surface area (TPSA) is 44.1 Å². The summed E-state index contributed by atoms with van der Waals surface area (Å²) >= 11 is 3.14. The summed E-state index contributed by atoms with van der Waals surface area (Å²) in [4.78, 5) is 20.5. The number of ether oxygens (including phenoxy) is 1. The van der Waals surface area contributed by atoms with E-state index < -0.39 is 0 Å². The normalized spacial score (nSPS) is 15.6. The molecule has 2 aromatic heterocycles. The number of aryl methyl sites for hydroxylation is 1. The second-order valence-electron chi connectivity index (χ2n) is 8.03. The fourth-order valence-electron chi connectivity index (χ4n) is 3.38. The molecule has 4 nitrogen and oxygen atoms in total. The lowest BCUT2D eigenvalue weighted by Crippen LogP contribution is -2.32. The highest BCUT2D eigenvalue weighted by Gasteiger charge is 2.31. The lowest BCUT2D eigenvalue weighted by Gasteiger charge is -2.29. The van der Waals surface area contributed by atoms with Crippen molar-refractivity contribution in [2.75, 3.05) is 5.75 Å². The Labute approximate surface area is 173 Å². The average molecular weight is 413 g/mol. The van der Waals surface area contributed by atoms with E-state index >= 15 is 0 Å². The van der Waals surface area contributed by atoms with E-state index in [4.69, 9.17) is 9.72 Å². The molecule has 4 rings (SSSR count). The Morgan fingerprint density at radius 2 is 2.07 bits per heavy atom. The Hall–Kier alpha value is -1.89. The molecule has 0 saturated heterocycles. The number of rotatable bonds is 4. The van der Waals surface area contributed by atoms with Gasteiger partial charge in [-0.05, 0) is 45.4 Å². The van der Waals surface area contributed by atoms with Gasteiger partial charge in [0.2, 0.25) is 0 Å². The first kappa shape index (κ1) is 19.4. The minimum absolute atomic E-state index is 0.00766. The van der Waals surface area contributed by atoms with Crippen molar-refractivity contribution in [2.24, 2.45) is 0 Å². The van der Waals surface area contributed by atoms with Gasteiger partial charge in [-0.15, -0.1) is 11.3 Å². The standard InChI is InChI=1S/C22H24N2O2S2/c1-13(2)12-27-21-23-19-18(16-10-22(4,5)26-11-17(16)28-19)20(25)24(21)15-8-6-14(3)7-9-15/h6-9H,1,10-12H2,2-5H3. The number of hydrogen-bond donors (Lipinski definition) is 0. The molecule has 1 aliphatic heterocycles. The van der Waals surface area contributed by atoms with Gasteiger partial charge in [-0.25, -0.2) is 4.98 Å². The van der Waals surface area contributed by atoms with Crippen molar-refractivity contribution in [3.63, 3.8) is 0 Å². The highest BCUT2D eigenvalue weighted by atomic mass is 32.2. The van der Waals surface area contributed by atoms with E-state index in [1.807, 2.05) is 38.1 Å². The number of aromatic nitrogens is 2. The van der Waals surface area contributed by atoms with Crippen LogP contribution in [0.15, 0.2) is 46.4 Å². The fourth-order valence-corrected chi connectivity index (χ4v) is 5.38. The van der Waals surface area contributed by atoms with Crippen LogP contribution in [0.25, 0.3) is 15.9 Å². The highest BCUT2D eigenvalue weighted by Crippen LogP contribution is 2.38. The first-order chi connectivity index (χ1) is 13.2. The van der Waals surface area contributed by atoms with E-state index in [0.29, 0.717) is 11.8 Å². The Bertz CT molecular complexity index is 1120. The van der Waals surface area contributed by atoms with Crippen LogP contribution in [0.1, 0.15) is 36.8 Å². The maximum atomic E-state index is 13.7. The lowest BCUT2D eigenvalue weighted by atomic mass is 9.94. The first-order valence-electron chi connectivity index (χ1n) is 9.31. The van der Waals surface area contributed by atoms with Gasteiger partial charge in [-0.2, -0.15) is 0 Å². The number of nitrogens with zero attached hydrogens (tertiary/aromatic N) is 2. The van der Waals surface area contributed by atoms with Gasteiger partial charge in [0.15, 0.2) is 5.16 Å². The van der Waals surface area contributed by atoms with Crippen molar-refractivity contribution < 1.29 is 4.74 Å². The molecule has 146 valence electrons. The molecule has 0 saturated carbocycles. The van der Waals surface area contributed by atoms with Crippen molar-refractivity contribution in [1.82, 2.24) is 9.55 Å². The van der Waals surface area contributed by atoms with Crippen molar-refractivity contribution in [3.8, 4) is 5.69 Å². The van der Waals surface area contributed by atoms with Gasteiger partial charge in [0.1, 0.15) is 4.83 Å². The largest absolute Gasteiger partial charge is 0.370 e. The summed E-state index contributed by atoms with van der Waals surface area (Å²) in [5.41, 5.74) is 3.90. The van der Waals surface area contributed by atoms with Gasteiger partial charge in [0, 0.05) is 17.1 Å². The molecule has 0 aliphatic carbocycles. The van der Waals surface area contributed by atoms with Crippen molar-refractivity contribution in [3.05, 3.63) is 62.8 Å². The third kappa shape index (κ3) is 3.56. The van der Waals surface area contributed by atoms with Gasteiger partial charge in [-0.1, -0.05) is 41.6 Å². The van der Waals surface area contributed by atoms with Crippen molar-refractivity contribution in [1.29, 1.82) is 0 Å². The number of thioether (sulfide) groups is 1. The highest BCUT2D eigenvalue weighted by molar-refractivity contribution is 7.99. The van der Waals surface area contributed by atoms with Crippen LogP contribution in [0.4, 0.5) is 0 Å². The predicted molar refractivity (Wildman–Crippen MR) is 118 cm³/mol. The smallest absolute Gasteiger partial charge is 0.267 e. The Kier molecular flexibility index (Phi) is 4.98. The molecule has 0 atom stereocenters. The molecular weight excluding hydrogens is 388 g/mol. The molecule has 0 radical (unpaired) electrons. The second kappa shape index (κ2) is 7.17. The third-order valence-electron chi connectivity index (χ3n) is 4.81. The Balaban J connectivity index is 1.97. The quantitative estimate of drug-likeness (QED) is 0.332. The molecule has 3 heterocycles. The molecular formula is C22H24N2O2S2. The molecule has 0 bridgehead atoms. The molecule has 6 heteroatoms. The van der Waals surface area contributed by atoms with Crippen molar-refractivity contribution >= 4 is 33.3 Å². The van der Waals surface area contributed by atoms with Crippen LogP contribution < -0.4 is 5.56 Å². The predicted octanol–water partition coefficient (Wildman–Crippen LogP) is 5.28. The molecule has 3 aromatic rings. The number of benzene rings is 1. The minimum atomic E-state index is -0.268. The summed E-state index contributed by atoms with van der Waals surface area (Å²) in [7, 11) is 0. The van der Waals surface area contributed by atoms with Crippen LogP contribution in [0, 0.1) is 6.92 Å². The maximum absolute atomic E-state index is 13.7. The van der Waals surface area contributed by atoms with Crippen LogP contribution in [0.3, 0.4) is 0 Å². The van der Waals surface area contributed by atoms with E-state index in [1.54, 1.807) is 27.7 Å². The minimum Gasteiger partial charge on any atom is -0.370 e. The third-order valence-corrected chi connectivity index (χ3v) is 7.08. The summed E-state index contributed by atoms with van der Waals surface area (Å²) in [5.74, 6) is 0.727. The van der Waals surface area contributed by atoms with Gasteiger partial charge in [0.05, 0.1) is 23.3 Å². The molecule has 0 N–H and O–H groups in total. The Morgan fingerprint density at radius 1 is 1.36 bits per heavy atom. The van der Waals surface area contributed by atoms with Crippen LogP contribution in [0.5, 0.6) is 0 Å². The SMILES string of the molecule is C=C(C)CSc1nc2sc3c(c2c(=O)n1-c1ccc(C)cc1)CC(C)(C)OC3. The molecule has 1 aromatic carbocycles. The number of thiophene rings is 1. The molecule has 28 heavy (non-hydrogen) atoms. The summed E-state index contributed by atoms with van der Waals surface area (Å²) in [6.45, 7) is 12.7. The molecule has 0 amide bonds. The summed E-state index contributed by atoms with van der Waals surface area (Å²) in [6.07, 6.45) is 0.728. The van der Waals surface area contributed by atoms with Gasteiger partial charge in [-0.3, -0.25) is 9.36 Å². The van der Waals surface area contributed by atoms with Gasteiger partial charge in [0.25, 0.3) is 5.56 Å².